The van der Waals surface area contributed by atoms with Gasteiger partial charge < -0.3 is 14.4 Å². The van der Waals surface area contributed by atoms with Crippen LogP contribution in [0.5, 0.6) is 0 Å². The molecule has 23 heavy (non-hydrogen) atoms. The molecule has 132 valence electrons. The molecule has 1 spiro atoms. The highest BCUT2D eigenvalue weighted by molar-refractivity contribution is 5.77. The Morgan fingerprint density at radius 3 is 2.70 bits per heavy atom. The Kier molecular flexibility index (Phi) is 5.63. The Morgan fingerprint density at radius 1 is 1.26 bits per heavy atom. The fourth-order valence-corrected chi connectivity index (χ4v) is 4.19. The summed E-state index contributed by atoms with van der Waals surface area (Å²) in [4.78, 5) is 14.2. The fourth-order valence-electron chi connectivity index (χ4n) is 4.19. The van der Waals surface area contributed by atoms with E-state index in [1.165, 1.54) is 25.7 Å². The molecule has 0 aromatic rings. The third kappa shape index (κ3) is 4.48. The second-order valence-corrected chi connectivity index (χ2v) is 8.31. The molecule has 2 saturated heterocycles. The topological polar surface area (TPSA) is 38.8 Å². The van der Waals surface area contributed by atoms with E-state index < -0.39 is 0 Å². The lowest BCUT2D eigenvalue weighted by Crippen LogP contribution is -2.67. The summed E-state index contributed by atoms with van der Waals surface area (Å²) in [6, 6.07) is 0. The van der Waals surface area contributed by atoms with Crippen molar-refractivity contribution in [1.29, 1.82) is 0 Å². The fraction of sp³-hybridized carbons (Fsp3) is 0.947. The van der Waals surface area contributed by atoms with Crippen LogP contribution < -0.4 is 0 Å². The maximum Gasteiger partial charge on any atom is 0.222 e. The molecule has 3 rings (SSSR count). The summed E-state index contributed by atoms with van der Waals surface area (Å²) in [5, 5.41) is 0. The number of carbonyl (C=O) groups excluding carboxylic acids is 1. The average molecular weight is 323 g/mol. The van der Waals surface area contributed by atoms with Gasteiger partial charge in [0.2, 0.25) is 5.91 Å². The summed E-state index contributed by atoms with van der Waals surface area (Å²) < 4.78 is 12.2. The predicted molar refractivity (Wildman–Crippen MR) is 90.3 cm³/mol. The van der Waals surface area contributed by atoms with Crippen molar-refractivity contribution >= 4 is 5.91 Å². The summed E-state index contributed by atoms with van der Waals surface area (Å²) in [5.41, 5.74) is -0.105. The molecule has 4 heteroatoms. The molecule has 0 N–H and O–H groups in total. The van der Waals surface area contributed by atoms with E-state index in [1.54, 1.807) is 0 Å². The van der Waals surface area contributed by atoms with Gasteiger partial charge in [-0.2, -0.15) is 0 Å². The van der Waals surface area contributed by atoms with Crippen molar-refractivity contribution in [2.24, 2.45) is 11.8 Å². The smallest absolute Gasteiger partial charge is 0.222 e. The molecule has 3 aliphatic rings. The third-order valence-corrected chi connectivity index (χ3v) is 5.74. The SMILES string of the molecule is CC(C)CCC(=O)N1CC2(C[C@H](OCC3CCCC3)CCO2)C1. The van der Waals surface area contributed by atoms with Gasteiger partial charge in [0.15, 0.2) is 0 Å². The highest BCUT2D eigenvalue weighted by atomic mass is 16.5. The first kappa shape index (κ1) is 17.2. The molecular formula is C19H33NO3. The monoisotopic (exact) mass is 323 g/mol. The summed E-state index contributed by atoms with van der Waals surface area (Å²) in [5.74, 6) is 1.67. The van der Waals surface area contributed by atoms with E-state index in [9.17, 15) is 4.79 Å². The lowest BCUT2D eigenvalue weighted by Gasteiger charge is -2.53. The van der Waals surface area contributed by atoms with Gasteiger partial charge in [0.1, 0.15) is 5.60 Å². The van der Waals surface area contributed by atoms with Crippen LogP contribution in [0, 0.1) is 11.8 Å². The molecule has 0 radical (unpaired) electrons. The predicted octanol–water partition coefficient (Wildman–Crippen LogP) is 3.39. The molecule has 3 fully saturated rings. The first-order valence-corrected chi connectivity index (χ1v) is 9.60. The zero-order chi connectivity index (χ0) is 16.3. The summed E-state index contributed by atoms with van der Waals surface area (Å²) in [6.07, 6.45) is 9.39. The summed E-state index contributed by atoms with van der Waals surface area (Å²) >= 11 is 0. The van der Waals surface area contributed by atoms with Gasteiger partial charge >= 0.3 is 0 Å². The van der Waals surface area contributed by atoms with Crippen molar-refractivity contribution in [3.8, 4) is 0 Å². The third-order valence-electron chi connectivity index (χ3n) is 5.74. The van der Waals surface area contributed by atoms with E-state index in [1.807, 2.05) is 4.90 Å². The van der Waals surface area contributed by atoms with Crippen LogP contribution in [0.4, 0.5) is 0 Å². The number of rotatable bonds is 6. The van der Waals surface area contributed by atoms with Crippen molar-refractivity contribution < 1.29 is 14.3 Å². The van der Waals surface area contributed by atoms with Crippen molar-refractivity contribution in [3.63, 3.8) is 0 Å². The number of hydrogen-bond acceptors (Lipinski definition) is 3. The minimum Gasteiger partial charge on any atom is -0.378 e. The van der Waals surface area contributed by atoms with Crippen LogP contribution in [-0.2, 0) is 14.3 Å². The number of likely N-dealkylation sites (tertiary alicyclic amines) is 1. The first-order chi connectivity index (χ1) is 11.1. The molecule has 0 aromatic carbocycles. The minimum atomic E-state index is -0.105. The highest BCUT2D eigenvalue weighted by Gasteiger charge is 2.49. The molecule has 2 heterocycles. The van der Waals surface area contributed by atoms with Gasteiger partial charge in [-0.05, 0) is 37.5 Å². The average Bonchev–Trinajstić information content (AvgIpc) is 3.02. The van der Waals surface area contributed by atoms with Crippen molar-refractivity contribution in [2.45, 2.75) is 76.9 Å². The molecule has 1 atom stereocenters. The largest absolute Gasteiger partial charge is 0.378 e. The van der Waals surface area contributed by atoms with Crippen molar-refractivity contribution in [3.05, 3.63) is 0 Å². The van der Waals surface area contributed by atoms with Gasteiger partial charge in [0.25, 0.3) is 0 Å². The van der Waals surface area contributed by atoms with Crippen LogP contribution in [-0.4, -0.2) is 48.8 Å². The molecule has 1 amide bonds. The lowest BCUT2D eigenvalue weighted by atomic mass is 9.84. The number of nitrogens with zero attached hydrogens (tertiary/aromatic N) is 1. The van der Waals surface area contributed by atoms with E-state index in [0.29, 0.717) is 24.3 Å². The second kappa shape index (κ2) is 7.52. The van der Waals surface area contributed by atoms with Gasteiger partial charge in [-0.3, -0.25) is 4.79 Å². The Morgan fingerprint density at radius 2 is 2.00 bits per heavy atom. The van der Waals surface area contributed by atoms with Gasteiger partial charge in [0.05, 0.1) is 19.2 Å². The first-order valence-electron chi connectivity index (χ1n) is 9.60. The Labute approximate surface area is 140 Å². The zero-order valence-corrected chi connectivity index (χ0v) is 14.9. The van der Waals surface area contributed by atoms with E-state index in [-0.39, 0.29) is 5.60 Å². The molecule has 0 bridgehead atoms. The van der Waals surface area contributed by atoms with E-state index in [2.05, 4.69) is 13.8 Å². The molecule has 4 nitrogen and oxygen atoms in total. The van der Waals surface area contributed by atoms with Crippen LogP contribution in [0.3, 0.4) is 0 Å². The van der Waals surface area contributed by atoms with Gasteiger partial charge in [0, 0.05) is 26.1 Å². The molecule has 1 saturated carbocycles. The summed E-state index contributed by atoms with van der Waals surface area (Å²) in [6.45, 7) is 7.59. The van der Waals surface area contributed by atoms with Crippen molar-refractivity contribution in [2.75, 3.05) is 26.3 Å². The Hall–Kier alpha value is -0.610. The van der Waals surface area contributed by atoms with E-state index >= 15 is 0 Å². The quantitative estimate of drug-likeness (QED) is 0.752. The van der Waals surface area contributed by atoms with Crippen LogP contribution in [0.15, 0.2) is 0 Å². The zero-order valence-electron chi connectivity index (χ0n) is 14.9. The van der Waals surface area contributed by atoms with Gasteiger partial charge in [-0.1, -0.05) is 26.7 Å². The lowest BCUT2D eigenvalue weighted by molar-refractivity contribution is -0.202. The maximum atomic E-state index is 12.2. The Balaban J connectivity index is 1.39. The molecular weight excluding hydrogens is 290 g/mol. The van der Waals surface area contributed by atoms with Gasteiger partial charge in [-0.15, -0.1) is 0 Å². The molecule has 2 aliphatic heterocycles. The molecule has 1 aliphatic carbocycles. The minimum absolute atomic E-state index is 0.105. The number of carbonyl (C=O) groups is 1. The van der Waals surface area contributed by atoms with Crippen LogP contribution >= 0.6 is 0 Å². The molecule has 0 unspecified atom stereocenters. The summed E-state index contributed by atoms with van der Waals surface area (Å²) in [7, 11) is 0. The van der Waals surface area contributed by atoms with E-state index in [0.717, 1.165) is 51.5 Å². The van der Waals surface area contributed by atoms with Crippen molar-refractivity contribution in [1.82, 2.24) is 4.90 Å². The highest BCUT2D eigenvalue weighted by Crippen LogP contribution is 2.36. The maximum absolute atomic E-state index is 12.2. The van der Waals surface area contributed by atoms with E-state index in [4.69, 9.17) is 9.47 Å². The number of amides is 1. The standard InChI is InChI=1S/C19H33NO3/c1-15(2)7-8-18(21)20-13-19(14-20)11-17(9-10-23-19)22-12-16-5-3-4-6-16/h15-17H,3-14H2,1-2H3/t17-/m1/s1. The van der Waals surface area contributed by atoms with Crippen LogP contribution in [0.1, 0.15) is 65.2 Å². The van der Waals surface area contributed by atoms with Crippen LogP contribution in [0.25, 0.3) is 0 Å². The Bertz CT molecular complexity index is 397. The number of ether oxygens (including phenoxy) is 2. The molecule has 0 aromatic heterocycles. The van der Waals surface area contributed by atoms with Crippen LogP contribution in [0.2, 0.25) is 0 Å². The van der Waals surface area contributed by atoms with Gasteiger partial charge in [-0.25, -0.2) is 0 Å². The normalized spacial score (nSPS) is 27.6. The second-order valence-electron chi connectivity index (χ2n) is 8.31. The number of hydrogen-bond donors (Lipinski definition) is 0.